The maximum absolute atomic E-state index is 12.6. The number of rotatable bonds is 7. The predicted octanol–water partition coefficient (Wildman–Crippen LogP) is 5.13. The molecular weight excluding hydrogens is 448 g/mol. The molecule has 4 rings (SSSR count). The molecule has 0 saturated heterocycles. The lowest BCUT2D eigenvalue weighted by molar-refractivity contribution is 0.102. The Morgan fingerprint density at radius 1 is 0.931 bits per heavy atom. The first-order valence-electron chi connectivity index (χ1n) is 9.00. The summed E-state index contributed by atoms with van der Waals surface area (Å²) in [6, 6.07) is 21.4. The van der Waals surface area contributed by atoms with Gasteiger partial charge in [-0.1, -0.05) is 70.2 Å². The SMILES string of the molecule is O=C(CSc1nnc(-c2ccncc2)n1Cc1ccccc1)c1ccc(Br)cc1. The van der Waals surface area contributed by atoms with Gasteiger partial charge < -0.3 is 0 Å². The van der Waals surface area contributed by atoms with Crippen molar-refractivity contribution in [1.29, 1.82) is 0 Å². The fourth-order valence-electron chi connectivity index (χ4n) is 2.87. The Kier molecular flexibility index (Phi) is 6.17. The molecule has 0 atom stereocenters. The minimum Gasteiger partial charge on any atom is -0.298 e. The van der Waals surface area contributed by atoms with Crippen LogP contribution >= 0.6 is 27.7 Å². The van der Waals surface area contributed by atoms with Gasteiger partial charge in [-0.3, -0.25) is 14.3 Å². The quantitative estimate of drug-likeness (QED) is 0.280. The van der Waals surface area contributed by atoms with E-state index < -0.39 is 0 Å². The Labute approximate surface area is 181 Å². The summed E-state index contributed by atoms with van der Waals surface area (Å²) in [6.07, 6.45) is 3.47. The molecule has 2 aromatic carbocycles. The average molecular weight is 465 g/mol. The third-order valence-electron chi connectivity index (χ3n) is 4.34. The van der Waals surface area contributed by atoms with Gasteiger partial charge in [0.25, 0.3) is 0 Å². The molecule has 2 aromatic heterocycles. The van der Waals surface area contributed by atoms with Crippen LogP contribution in [0.5, 0.6) is 0 Å². The lowest BCUT2D eigenvalue weighted by Gasteiger charge is -2.10. The van der Waals surface area contributed by atoms with Crippen LogP contribution < -0.4 is 0 Å². The van der Waals surface area contributed by atoms with E-state index in [1.54, 1.807) is 12.4 Å². The summed E-state index contributed by atoms with van der Waals surface area (Å²) in [6.45, 7) is 0.625. The molecule has 0 aliphatic rings. The van der Waals surface area contributed by atoms with Crippen LogP contribution in [0.2, 0.25) is 0 Å². The lowest BCUT2D eigenvalue weighted by Crippen LogP contribution is -2.07. The van der Waals surface area contributed by atoms with E-state index in [1.807, 2.05) is 59.2 Å². The summed E-state index contributed by atoms with van der Waals surface area (Å²) in [4.78, 5) is 16.7. The van der Waals surface area contributed by atoms with E-state index in [-0.39, 0.29) is 5.78 Å². The molecule has 4 aromatic rings. The molecule has 144 valence electrons. The van der Waals surface area contributed by atoms with Crippen molar-refractivity contribution in [3.05, 3.63) is 94.7 Å². The minimum atomic E-state index is 0.0576. The number of hydrogen-bond acceptors (Lipinski definition) is 5. The van der Waals surface area contributed by atoms with Crippen LogP contribution in [0.3, 0.4) is 0 Å². The van der Waals surface area contributed by atoms with Gasteiger partial charge >= 0.3 is 0 Å². The van der Waals surface area contributed by atoms with E-state index in [2.05, 4.69) is 43.2 Å². The number of benzene rings is 2. The van der Waals surface area contributed by atoms with Gasteiger partial charge in [0.1, 0.15) is 0 Å². The van der Waals surface area contributed by atoms with Crippen molar-refractivity contribution in [3.8, 4) is 11.4 Å². The second-order valence-electron chi connectivity index (χ2n) is 6.33. The average Bonchev–Trinajstić information content (AvgIpc) is 3.16. The molecule has 0 radical (unpaired) electrons. The van der Waals surface area contributed by atoms with Gasteiger partial charge in [-0.15, -0.1) is 10.2 Å². The first kappa shape index (κ1) is 19.5. The third kappa shape index (κ3) is 4.81. The highest BCUT2D eigenvalue weighted by atomic mass is 79.9. The minimum absolute atomic E-state index is 0.0576. The molecule has 0 N–H and O–H groups in total. The molecule has 0 amide bonds. The monoisotopic (exact) mass is 464 g/mol. The second-order valence-corrected chi connectivity index (χ2v) is 8.19. The van der Waals surface area contributed by atoms with E-state index in [4.69, 9.17) is 0 Å². The fourth-order valence-corrected chi connectivity index (χ4v) is 3.96. The van der Waals surface area contributed by atoms with Crippen LogP contribution in [-0.4, -0.2) is 31.3 Å². The summed E-state index contributed by atoms with van der Waals surface area (Å²) in [5.74, 6) is 1.11. The van der Waals surface area contributed by atoms with Crippen LogP contribution in [0.4, 0.5) is 0 Å². The maximum Gasteiger partial charge on any atom is 0.192 e. The Bertz CT molecular complexity index is 1100. The van der Waals surface area contributed by atoms with E-state index in [0.717, 1.165) is 21.4 Å². The van der Waals surface area contributed by atoms with E-state index in [9.17, 15) is 4.79 Å². The molecule has 5 nitrogen and oxygen atoms in total. The summed E-state index contributed by atoms with van der Waals surface area (Å²) in [5.41, 5.74) is 2.77. The predicted molar refractivity (Wildman–Crippen MR) is 118 cm³/mol. The Balaban J connectivity index is 1.59. The zero-order chi connectivity index (χ0) is 20.1. The summed E-state index contributed by atoms with van der Waals surface area (Å²) < 4.78 is 3.00. The molecule has 29 heavy (non-hydrogen) atoms. The number of carbonyl (C=O) groups excluding carboxylic acids is 1. The summed E-state index contributed by atoms with van der Waals surface area (Å²) >= 11 is 4.80. The van der Waals surface area contributed by atoms with Gasteiger partial charge in [0, 0.05) is 28.0 Å². The molecule has 0 aliphatic heterocycles. The van der Waals surface area contributed by atoms with E-state index in [0.29, 0.717) is 23.0 Å². The third-order valence-corrected chi connectivity index (χ3v) is 5.83. The molecule has 0 unspecified atom stereocenters. The summed E-state index contributed by atoms with van der Waals surface area (Å²) in [5, 5.41) is 9.47. The Morgan fingerprint density at radius 2 is 1.66 bits per heavy atom. The number of carbonyl (C=O) groups is 1. The number of thioether (sulfide) groups is 1. The zero-order valence-corrected chi connectivity index (χ0v) is 17.8. The molecule has 0 aliphatic carbocycles. The number of ketones is 1. The first-order valence-corrected chi connectivity index (χ1v) is 10.8. The van der Waals surface area contributed by atoms with E-state index in [1.165, 1.54) is 11.8 Å². The van der Waals surface area contributed by atoms with Crippen LogP contribution in [0.25, 0.3) is 11.4 Å². The molecule has 0 bridgehead atoms. The van der Waals surface area contributed by atoms with Crippen molar-refractivity contribution in [2.24, 2.45) is 0 Å². The smallest absolute Gasteiger partial charge is 0.192 e. The number of nitrogens with zero attached hydrogens (tertiary/aromatic N) is 4. The normalized spacial score (nSPS) is 10.8. The van der Waals surface area contributed by atoms with Crippen molar-refractivity contribution in [1.82, 2.24) is 19.7 Å². The van der Waals surface area contributed by atoms with Gasteiger partial charge in [-0.2, -0.15) is 0 Å². The maximum atomic E-state index is 12.6. The highest BCUT2D eigenvalue weighted by Crippen LogP contribution is 2.25. The molecule has 2 heterocycles. The molecular formula is C22H17BrN4OS. The topological polar surface area (TPSA) is 60.7 Å². The standard InChI is InChI=1S/C22H17BrN4OS/c23-19-8-6-17(7-9-19)20(28)15-29-22-26-25-21(18-10-12-24-13-11-18)27(22)14-16-4-2-1-3-5-16/h1-13H,14-15H2. The van der Waals surface area contributed by atoms with Crippen LogP contribution in [0.1, 0.15) is 15.9 Å². The molecule has 0 fully saturated rings. The number of halogens is 1. The molecule has 0 spiro atoms. The highest BCUT2D eigenvalue weighted by Gasteiger charge is 2.16. The van der Waals surface area contributed by atoms with Crippen LogP contribution in [0, 0.1) is 0 Å². The van der Waals surface area contributed by atoms with Crippen LogP contribution in [0.15, 0.2) is 88.8 Å². The summed E-state index contributed by atoms with van der Waals surface area (Å²) in [7, 11) is 0. The highest BCUT2D eigenvalue weighted by molar-refractivity contribution is 9.10. The van der Waals surface area contributed by atoms with Gasteiger partial charge in [0.2, 0.25) is 0 Å². The van der Waals surface area contributed by atoms with Gasteiger partial charge in [-0.05, 0) is 29.8 Å². The lowest BCUT2D eigenvalue weighted by atomic mass is 10.2. The van der Waals surface area contributed by atoms with Gasteiger partial charge in [0.15, 0.2) is 16.8 Å². The number of hydrogen-bond donors (Lipinski definition) is 0. The Hall–Kier alpha value is -2.77. The van der Waals surface area contributed by atoms with E-state index >= 15 is 0 Å². The Morgan fingerprint density at radius 3 is 2.38 bits per heavy atom. The van der Waals surface area contributed by atoms with Crippen molar-refractivity contribution in [2.75, 3.05) is 5.75 Å². The molecule has 7 heteroatoms. The largest absolute Gasteiger partial charge is 0.298 e. The molecule has 0 saturated carbocycles. The van der Waals surface area contributed by atoms with Crippen molar-refractivity contribution in [2.45, 2.75) is 11.7 Å². The number of pyridine rings is 1. The van der Waals surface area contributed by atoms with Crippen LogP contribution in [-0.2, 0) is 6.54 Å². The van der Waals surface area contributed by atoms with Crippen molar-refractivity contribution in [3.63, 3.8) is 0 Å². The first-order chi connectivity index (χ1) is 14.2. The van der Waals surface area contributed by atoms with Crippen molar-refractivity contribution < 1.29 is 4.79 Å². The number of Topliss-reactive ketones (excluding diaryl/α,β-unsaturated/α-hetero) is 1. The second kappa shape index (κ2) is 9.15. The van der Waals surface area contributed by atoms with Gasteiger partial charge in [0.05, 0.1) is 12.3 Å². The number of aromatic nitrogens is 4. The zero-order valence-electron chi connectivity index (χ0n) is 15.4. The van der Waals surface area contributed by atoms with Gasteiger partial charge in [-0.25, -0.2) is 0 Å². The fraction of sp³-hybridized carbons (Fsp3) is 0.0909. The van der Waals surface area contributed by atoms with Crippen molar-refractivity contribution >= 4 is 33.5 Å².